The molecule has 1 N–H and O–H groups in total. The van der Waals surface area contributed by atoms with Gasteiger partial charge in [-0.25, -0.2) is 4.79 Å². The Bertz CT molecular complexity index is 239. The molecule has 1 aliphatic rings. The van der Waals surface area contributed by atoms with Crippen molar-refractivity contribution in [1.82, 2.24) is 10.2 Å². The highest BCUT2D eigenvalue weighted by atomic mass is 32.2. The zero-order chi connectivity index (χ0) is 13.2. The second kappa shape index (κ2) is 9.84. The Balaban J connectivity index is 2.14. The van der Waals surface area contributed by atoms with Crippen molar-refractivity contribution in [1.29, 1.82) is 0 Å². The van der Waals surface area contributed by atoms with Crippen LogP contribution in [0.2, 0.25) is 0 Å². The molecule has 18 heavy (non-hydrogen) atoms. The molecule has 3 nitrogen and oxygen atoms in total. The van der Waals surface area contributed by atoms with Gasteiger partial charge in [-0.3, -0.25) is 0 Å². The third kappa shape index (κ3) is 6.23. The molecule has 0 unspecified atom stereocenters. The molecule has 0 saturated carbocycles. The van der Waals surface area contributed by atoms with Crippen LogP contribution in [0, 0.1) is 0 Å². The predicted molar refractivity (Wildman–Crippen MR) is 83.7 cm³/mol. The molecule has 2 amide bonds. The second-order valence-electron chi connectivity index (χ2n) is 4.73. The van der Waals surface area contributed by atoms with Gasteiger partial charge in [0.25, 0.3) is 0 Å². The minimum atomic E-state index is 0.134. The van der Waals surface area contributed by atoms with Crippen molar-refractivity contribution in [2.45, 2.75) is 38.6 Å². The molecule has 106 valence electrons. The highest BCUT2D eigenvalue weighted by Gasteiger charge is 2.21. The van der Waals surface area contributed by atoms with Crippen molar-refractivity contribution in [3.8, 4) is 0 Å². The Morgan fingerprint density at radius 2 is 2.22 bits per heavy atom. The topological polar surface area (TPSA) is 32.3 Å². The number of amides is 2. The molecule has 5 heteroatoms. The van der Waals surface area contributed by atoms with Gasteiger partial charge in [0.1, 0.15) is 0 Å². The van der Waals surface area contributed by atoms with E-state index in [2.05, 4.69) is 18.5 Å². The van der Waals surface area contributed by atoms with Crippen LogP contribution in [0.25, 0.3) is 0 Å². The number of hydrogen-bond acceptors (Lipinski definition) is 3. The minimum Gasteiger partial charge on any atom is -0.338 e. The van der Waals surface area contributed by atoms with Gasteiger partial charge >= 0.3 is 6.03 Å². The summed E-state index contributed by atoms with van der Waals surface area (Å²) in [5.41, 5.74) is 0. The van der Waals surface area contributed by atoms with Crippen LogP contribution in [-0.2, 0) is 0 Å². The molecule has 0 aromatic rings. The quantitative estimate of drug-likeness (QED) is 0.763. The zero-order valence-electron chi connectivity index (χ0n) is 11.6. The first kappa shape index (κ1) is 16.0. The molecule has 1 fully saturated rings. The van der Waals surface area contributed by atoms with Gasteiger partial charge in [0.05, 0.1) is 0 Å². The minimum absolute atomic E-state index is 0.134. The van der Waals surface area contributed by atoms with E-state index < -0.39 is 0 Å². The molecule has 0 bridgehead atoms. The van der Waals surface area contributed by atoms with Crippen LogP contribution in [0.4, 0.5) is 4.79 Å². The highest BCUT2D eigenvalue weighted by Crippen LogP contribution is 2.15. The van der Waals surface area contributed by atoms with Gasteiger partial charge in [-0.15, -0.1) is 0 Å². The van der Waals surface area contributed by atoms with E-state index >= 15 is 0 Å². The summed E-state index contributed by atoms with van der Waals surface area (Å²) in [5, 5.41) is 3.06. The van der Waals surface area contributed by atoms with E-state index in [1.54, 1.807) is 0 Å². The summed E-state index contributed by atoms with van der Waals surface area (Å²) in [5.74, 6) is 3.49. The van der Waals surface area contributed by atoms with Gasteiger partial charge in [-0.2, -0.15) is 23.5 Å². The lowest BCUT2D eigenvalue weighted by atomic mass is 10.2. The van der Waals surface area contributed by atoms with Gasteiger partial charge < -0.3 is 10.2 Å². The summed E-state index contributed by atoms with van der Waals surface area (Å²) >= 11 is 3.85. The van der Waals surface area contributed by atoms with Gasteiger partial charge in [-0.05, 0) is 43.9 Å². The van der Waals surface area contributed by atoms with Gasteiger partial charge in [-0.1, -0.05) is 6.42 Å². The lowest BCUT2D eigenvalue weighted by Gasteiger charge is -2.27. The first-order chi connectivity index (χ1) is 8.75. The van der Waals surface area contributed by atoms with Crippen molar-refractivity contribution in [2.24, 2.45) is 0 Å². The van der Waals surface area contributed by atoms with Crippen LogP contribution in [0.15, 0.2) is 0 Å². The lowest BCUT2D eigenvalue weighted by Crippen LogP contribution is -2.45. The monoisotopic (exact) mass is 290 g/mol. The molecule has 1 atom stereocenters. The van der Waals surface area contributed by atoms with E-state index in [1.165, 1.54) is 24.3 Å². The molecule has 1 rings (SSSR count). The molecule has 1 saturated heterocycles. The Hall–Kier alpha value is -0.0300. The molecular weight excluding hydrogens is 264 g/mol. The standard InChI is InChI=1S/C13H26N2OS2/c1-12-6-10-18-11-8-15(12)13(16)14-7-4-3-5-9-17-2/h12H,3-11H2,1-2H3,(H,14,16)/t12-/m1/s1. The van der Waals surface area contributed by atoms with Crippen LogP contribution < -0.4 is 5.32 Å². The molecular formula is C13H26N2OS2. The summed E-state index contributed by atoms with van der Waals surface area (Å²) in [6.45, 7) is 3.87. The Kier molecular flexibility index (Phi) is 8.76. The molecule has 0 spiro atoms. The molecule has 0 aromatic heterocycles. The fraction of sp³-hybridized carbons (Fsp3) is 0.923. The molecule has 0 aromatic carbocycles. The van der Waals surface area contributed by atoms with Gasteiger partial charge in [0, 0.05) is 24.9 Å². The van der Waals surface area contributed by atoms with Crippen LogP contribution in [-0.4, -0.2) is 53.6 Å². The third-order valence-electron chi connectivity index (χ3n) is 3.25. The van der Waals surface area contributed by atoms with Crippen LogP contribution >= 0.6 is 23.5 Å². The fourth-order valence-corrected chi connectivity index (χ4v) is 3.57. The summed E-state index contributed by atoms with van der Waals surface area (Å²) in [7, 11) is 0. The van der Waals surface area contributed by atoms with Crippen LogP contribution in [0.5, 0.6) is 0 Å². The number of nitrogens with one attached hydrogen (secondary N) is 1. The largest absolute Gasteiger partial charge is 0.338 e. The number of hydrogen-bond donors (Lipinski definition) is 1. The van der Waals surface area contributed by atoms with E-state index in [1.807, 2.05) is 28.4 Å². The number of urea groups is 1. The summed E-state index contributed by atoms with van der Waals surface area (Å²) in [6.07, 6.45) is 6.83. The molecule has 0 aliphatic carbocycles. The molecule has 0 radical (unpaired) electrons. The van der Waals surface area contributed by atoms with Gasteiger partial charge in [0.15, 0.2) is 0 Å². The normalized spacial score (nSPS) is 20.6. The Morgan fingerprint density at radius 3 is 3.00 bits per heavy atom. The van der Waals surface area contributed by atoms with Crippen molar-refractivity contribution >= 4 is 29.6 Å². The first-order valence-corrected chi connectivity index (χ1v) is 9.41. The van der Waals surface area contributed by atoms with Gasteiger partial charge in [0.2, 0.25) is 0 Å². The number of thioether (sulfide) groups is 2. The third-order valence-corrected chi connectivity index (χ3v) is 4.94. The van der Waals surface area contributed by atoms with E-state index in [4.69, 9.17) is 0 Å². The fourth-order valence-electron chi connectivity index (χ4n) is 2.04. The van der Waals surface area contributed by atoms with E-state index in [-0.39, 0.29) is 6.03 Å². The SMILES string of the molecule is CSCCCCCNC(=O)N1CCSCC[C@H]1C. The maximum atomic E-state index is 12.1. The zero-order valence-corrected chi connectivity index (χ0v) is 13.2. The first-order valence-electron chi connectivity index (χ1n) is 6.87. The number of carbonyl (C=O) groups excluding carboxylic acids is 1. The Morgan fingerprint density at radius 1 is 1.39 bits per heavy atom. The summed E-state index contributed by atoms with van der Waals surface area (Å²) < 4.78 is 0. The predicted octanol–water partition coefficient (Wildman–Crippen LogP) is 3.06. The van der Waals surface area contributed by atoms with E-state index in [0.717, 1.165) is 31.7 Å². The maximum absolute atomic E-state index is 12.1. The molecule has 1 aliphatic heterocycles. The number of unbranched alkanes of at least 4 members (excludes halogenated alkanes) is 2. The Labute approximate surface area is 120 Å². The van der Waals surface area contributed by atoms with E-state index in [9.17, 15) is 4.79 Å². The number of carbonyl (C=O) groups is 1. The van der Waals surface area contributed by atoms with Crippen molar-refractivity contribution < 1.29 is 4.79 Å². The van der Waals surface area contributed by atoms with Crippen molar-refractivity contribution in [3.05, 3.63) is 0 Å². The number of rotatable bonds is 6. The average molecular weight is 290 g/mol. The summed E-state index contributed by atoms with van der Waals surface area (Å²) in [6, 6.07) is 0.520. The van der Waals surface area contributed by atoms with Crippen LogP contribution in [0.3, 0.4) is 0 Å². The van der Waals surface area contributed by atoms with Crippen molar-refractivity contribution in [2.75, 3.05) is 36.6 Å². The summed E-state index contributed by atoms with van der Waals surface area (Å²) in [4.78, 5) is 14.1. The smallest absolute Gasteiger partial charge is 0.317 e. The average Bonchev–Trinajstić information content (AvgIpc) is 2.58. The lowest BCUT2D eigenvalue weighted by molar-refractivity contribution is 0.183. The van der Waals surface area contributed by atoms with E-state index in [0.29, 0.717) is 6.04 Å². The maximum Gasteiger partial charge on any atom is 0.317 e. The highest BCUT2D eigenvalue weighted by molar-refractivity contribution is 7.99. The number of nitrogens with zero attached hydrogens (tertiary/aromatic N) is 1. The van der Waals surface area contributed by atoms with Crippen LogP contribution in [0.1, 0.15) is 32.6 Å². The van der Waals surface area contributed by atoms with Crippen molar-refractivity contribution in [3.63, 3.8) is 0 Å². The second-order valence-corrected chi connectivity index (χ2v) is 6.94. The molecule has 1 heterocycles.